The van der Waals surface area contributed by atoms with Gasteiger partial charge in [-0.1, -0.05) is 12.1 Å². The average Bonchev–Trinajstić information content (AvgIpc) is 2.70. The monoisotopic (exact) mass is 203 g/mol. The highest BCUT2D eigenvalue weighted by atomic mass is 16.4. The molecule has 1 aromatic heterocycles. The Morgan fingerprint density at radius 3 is 2.60 bits per heavy atom. The number of hydrogen-bond donors (Lipinski definition) is 1. The van der Waals surface area contributed by atoms with Gasteiger partial charge >= 0.3 is 5.97 Å². The molecule has 0 atom stereocenters. The van der Waals surface area contributed by atoms with Crippen molar-refractivity contribution in [1.29, 1.82) is 0 Å². The van der Waals surface area contributed by atoms with Crippen molar-refractivity contribution in [2.24, 2.45) is 0 Å². The molecule has 1 N–H and O–H groups in total. The first-order valence-corrected chi connectivity index (χ1v) is 4.38. The molecule has 5 nitrogen and oxygen atoms in total. The van der Waals surface area contributed by atoms with Crippen LogP contribution in [0.5, 0.6) is 0 Å². The van der Waals surface area contributed by atoms with Crippen molar-refractivity contribution in [3.8, 4) is 5.69 Å². The lowest BCUT2D eigenvalue weighted by atomic mass is 10.1. The SMILES string of the molecule is Cc1cccc(C(=O)O)c1-n1cnnc1. The smallest absolute Gasteiger partial charge is 0.337 e. The second-order valence-corrected chi connectivity index (χ2v) is 3.15. The van der Waals surface area contributed by atoms with E-state index >= 15 is 0 Å². The van der Waals surface area contributed by atoms with E-state index in [2.05, 4.69) is 10.2 Å². The fourth-order valence-corrected chi connectivity index (χ4v) is 1.49. The Morgan fingerprint density at radius 2 is 2.00 bits per heavy atom. The Balaban J connectivity index is 2.68. The van der Waals surface area contributed by atoms with Gasteiger partial charge in [0.25, 0.3) is 0 Å². The molecule has 0 bridgehead atoms. The van der Waals surface area contributed by atoms with Gasteiger partial charge in [0.1, 0.15) is 12.7 Å². The van der Waals surface area contributed by atoms with Gasteiger partial charge in [0.05, 0.1) is 11.3 Å². The number of aromatic nitrogens is 3. The van der Waals surface area contributed by atoms with Gasteiger partial charge in [-0.05, 0) is 18.6 Å². The summed E-state index contributed by atoms with van der Waals surface area (Å²) in [5.74, 6) is -0.956. The van der Waals surface area contributed by atoms with E-state index in [9.17, 15) is 4.79 Å². The number of benzene rings is 1. The van der Waals surface area contributed by atoms with Crippen molar-refractivity contribution in [2.45, 2.75) is 6.92 Å². The van der Waals surface area contributed by atoms with Crippen LogP contribution in [0.25, 0.3) is 5.69 Å². The number of rotatable bonds is 2. The molecule has 2 rings (SSSR count). The summed E-state index contributed by atoms with van der Waals surface area (Å²) in [6.07, 6.45) is 2.96. The number of aryl methyl sites for hydroxylation is 1. The highest BCUT2D eigenvalue weighted by molar-refractivity contribution is 5.92. The third kappa shape index (κ3) is 1.59. The number of nitrogens with zero attached hydrogens (tertiary/aromatic N) is 3. The van der Waals surface area contributed by atoms with E-state index in [0.29, 0.717) is 5.69 Å². The summed E-state index contributed by atoms with van der Waals surface area (Å²) in [6, 6.07) is 5.12. The maximum atomic E-state index is 11.0. The van der Waals surface area contributed by atoms with Gasteiger partial charge in [0.2, 0.25) is 0 Å². The Labute approximate surface area is 86.0 Å². The van der Waals surface area contributed by atoms with Crippen LogP contribution in [-0.2, 0) is 0 Å². The van der Waals surface area contributed by atoms with E-state index in [4.69, 9.17) is 5.11 Å². The summed E-state index contributed by atoms with van der Waals surface area (Å²) >= 11 is 0. The van der Waals surface area contributed by atoms with E-state index < -0.39 is 5.97 Å². The second kappa shape index (κ2) is 3.53. The minimum Gasteiger partial charge on any atom is -0.478 e. The lowest BCUT2D eigenvalue weighted by Crippen LogP contribution is -2.06. The zero-order chi connectivity index (χ0) is 10.8. The molecule has 1 heterocycles. The zero-order valence-electron chi connectivity index (χ0n) is 8.08. The highest BCUT2D eigenvalue weighted by Crippen LogP contribution is 2.18. The van der Waals surface area contributed by atoms with E-state index in [1.807, 2.05) is 13.0 Å². The molecule has 0 amide bonds. The minimum absolute atomic E-state index is 0.245. The van der Waals surface area contributed by atoms with Gasteiger partial charge < -0.3 is 5.11 Å². The van der Waals surface area contributed by atoms with E-state index in [-0.39, 0.29) is 5.56 Å². The molecule has 0 unspecified atom stereocenters. The van der Waals surface area contributed by atoms with Crippen molar-refractivity contribution < 1.29 is 9.90 Å². The number of carboxylic acid groups (broad SMARTS) is 1. The Kier molecular flexibility index (Phi) is 2.21. The average molecular weight is 203 g/mol. The molecule has 5 heteroatoms. The fourth-order valence-electron chi connectivity index (χ4n) is 1.49. The van der Waals surface area contributed by atoms with Gasteiger partial charge in [-0.25, -0.2) is 4.79 Å². The predicted molar refractivity (Wildman–Crippen MR) is 53.1 cm³/mol. The van der Waals surface area contributed by atoms with E-state index in [1.165, 1.54) is 12.7 Å². The Bertz CT molecular complexity index is 491. The first-order chi connectivity index (χ1) is 7.20. The summed E-state index contributed by atoms with van der Waals surface area (Å²) in [5, 5.41) is 16.4. The first-order valence-electron chi connectivity index (χ1n) is 4.38. The van der Waals surface area contributed by atoms with Gasteiger partial charge in [-0.3, -0.25) is 4.57 Å². The van der Waals surface area contributed by atoms with Crippen LogP contribution in [0.2, 0.25) is 0 Å². The highest BCUT2D eigenvalue weighted by Gasteiger charge is 2.13. The van der Waals surface area contributed by atoms with Gasteiger partial charge in [0.15, 0.2) is 0 Å². The lowest BCUT2D eigenvalue weighted by Gasteiger charge is -2.08. The molecular weight excluding hydrogens is 194 g/mol. The molecule has 0 spiro atoms. The van der Waals surface area contributed by atoms with Crippen molar-refractivity contribution in [3.63, 3.8) is 0 Å². The van der Waals surface area contributed by atoms with Crippen molar-refractivity contribution in [2.75, 3.05) is 0 Å². The molecule has 0 aliphatic heterocycles. The first kappa shape index (κ1) is 9.39. The number of aromatic carboxylic acids is 1. The maximum absolute atomic E-state index is 11.0. The third-order valence-electron chi connectivity index (χ3n) is 2.15. The van der Waals surface area contributed by atoms with Gasteiger partial charge in [0, 0.05) is 0 Å². The van der Waals surface area contributed by atoms with Crippen molar-refractivity contribution >= 4 is 5.97 Å². The van der Waals surface area contributed by atoms with Crippen molar-refractivity contribution in [3.05, 3.63) is 42.0 Å². The standard InChI is InChI=1S/C10H9N3O2/c1-7-3-2-4-8(10(14)15)9(7)13-5-11-12-6-13/h2-6H,1H3,(H,14,15). The zero-order valence-corrected chi connectivity index (χ0v) is 8.08. The van der Waals surface area contributed by atoms with E-state index in [1.54, 1.807) is 16.7 Å². The fraction of sp³-hybridized carbons (Fsp3) is 0.100. The van der Waals surface area contributed by atoms with Crippen LogP contribution in [0.1, 0.15) is 15.9 Å². The molecule has 1 aromatic carbocycles. The Morgan fingerprint density at radius 1 is 1.33 bits per heavy atom. The molecule has 0 saturated carbocycles. The third-order valence-corrected chi connectivity index (χ3v) is 2.15. The van der Waals surface area contributed by atoms with Gasteiger partial charge in [-0.15, -0.1) is 10.2 Å². The van der Waals surface area contributed by atoms with Crippen LogP contribution in [0, 0.1) is 6.92 Å². The van der Waals surface area contributed by atoms with Crippen LogP contribution in [0.15, 0.2) is 30.9 Å². The van der Waals surface area contributed by atoms with Crippen molar-refractivity contribution in [1.82, 2.24) is 14.8 Å². The molecule has 0 aliphatic carbocycles. The summed E-state index contributed by atoms with van der Waals surface area (Å²) in [6.45, 7) is 1.85. The summed E-state index contributed by atoms with van der Waals surface area (Å²) < 4.78 is 1.60. The maximum Gasteiger partial charge on any atom is 0.337 e. The topological polar surface area (TPSA) is 68.0 Å². The van der Waals surface area contributed by atoms with Crippen LogP contribution < -0.4 is 0 Å². The second-order valence-electron chi connectivity index (χ2n) is 3.15. The number of hydrogen-bond acceptors (Lipinski definition) is 3. The minimum atomic E-state index is -0.956. The van der Waals surface area contributed by atoms with Crippen LogP contribution in [-0.4, -0.2) is 25.8 Å². The molecule has 0 radical (unpaired) electrons. The largest absolute Gasteiger partial charge is 0.478 e. The van der Waals surface area contributed by atoms with Gasteiger partial charge in [-0.2, -0.15) is 0 Å². The van der Waals surface area contributed by atoms with Crippen LogP contribution in [0.3, 0.4) is 0 Å². The molecule has 0 saturated heterocycles. The summed E-state index contributed by atoms with van der Waals surface area (Å²) in [7, 11) is 0. The van der Waals surface area contributed by atoms with Crippen LogP contribution >= 0.6 is 0 Å². The Hall–Kier alpha value is -2.17. The molecular formula is C10H9N3O2. The summed E-state index contributed by atoms with van der Waals surface area (Å²) in [5.41, 5.74) is 1.72. The molecule has 0 fully saturated rings. The molecule has 76 valence electrons. The molecule has 0 aliphatic rings. The normalized spacial score (nSPS) is 10.2. The van der Waals surface area contributed by atoms with Crippen LogP contribution in [0.4, 0.5) is 0 Å². The number of para-hydroxylation sites is 1. The molecule has 15 heavy (non-hydrogen) atoms. The predicted octanol–water partition coefficient (Wildman–Crippen LogP) is 1.27. The molecule has 2 aromatic rings. The number of carbonyl (C=O) groups is 1. The quantitative estimate of drug-likeness (QED) is 0.798. The van der Waals surface area contributed by atoms with E-state index in [0.717, 1.165) is 5.56 Å². The lowest BCUT2D eigenvalue weighted by molar-refractivity contribution is 0.0697. The summed E-state index contributed by atoms with van der Waals surface area (Å²) in [4.78, 5) is 11.0. The number of carboxylic acids is 1.